The molecule has 11 heavy (non-hydrogen) atoms. The Kier molecular flexibility index (Phi) is 2.65. The molecule has 3 nitrogen and oxygen atoms in total. The van der Waals surface area contributed by atoms with E-state index in [9.17, 15) is 0 Å². The van der Waals surface area contributed by atoms with Crippen LogP contribution in [0.15, 0.2) is 12.4 Å². The highest BCUT2D eigenvalue weighted by Gasteiger charge is 2.05. The van der Waals surface area contributed by atoms with Crippen molar-refractivity contribution in [2.75, 3.05) is 6.54 Å². The zero-order valence-electron chi connectivity index (χ0n) is 7.12. The van der Waals surface area contributed by atoms with E-state index in [4.69, 9.17) is 5.73 Å². The van der Waals surface area contributed by atoms with Crippen LogP contribution >= 0.6 is 0 Å². The van der Waals surface area contributed by atoms with Crippen molar-refractivity contribution < 1.29 is 0 Å². The van der Waals surface area contributed by atoms with Crippen LogP contribution in [-0.4, -0.2) is 16.1 Å². The van der Waals surface area contributed by atoms with Crippen molar-refractivity contribution in [1.82, 2.24) is 9.55 Å². The van der Waals surface area contributed by atoms with Gasteiger partial charge in [-0.15, -0.1) is 0 Å². The highest BCUT2D eigenvalue weighted by Crippen LogP contribution is 2.07. The zero-order chi connectivity index (χ0) is 8.27. The number of aromatic nitrogens is 2. The third kappa shape index (κ3) is 1.60. The van der Waals surface area contributed by atoms with Crippen LogP contribution in [0.5, 0.6) is 0 Å². The Morgan fingerprint density at radius 1 is 1.73 bits per heavy atom. The van der Waals surface area contributed by atoms with Gasteiger partial charge in [0.1, 0.15) is 5.82 Å². The summed E-state index contributed by atoms with van der Waals surface area (Å²) in [5, 5.41) is 0. The summed E-state index contributed by atoms with van der Waals surface area (Å²) in [4.78, 5) is 4.21. The minimum atomic E-state index is 0.368. The van der Waals surface area contributed by atoms with Crippen LogP contribution in [-0.2, 0) is 6.42 Å². The first-order chi connectivity index (χ1) is 5.29. The number of hydrogen-bond acceptors (Lipinski definition) is 2. The molecule has 2 N–H and O–H groups in total. The van der Waals surface area contributed by atoms with Crippen molar-refractivity contribution in [3.63, 3.8) is 0 Å². The average molecular weight is 153 g/mol. The zero-order valence-corrected chi connectivity index (χ0v) is 7.12. The van der Waals surface area contributed by atoms with Gasteiger partial charge in [0.05, 0.1) is 0 Å². The second-order valence-electron chi connectivity index (χ2n) is 2.69. The first-order valence-electron chi connectivity index (χ1n) is 4.01. The van der Waals surface area contributed by atoms with Crippen LogP contribution in [0.1, 0.15) is 25.7 Å². The molecule has 3 heteroatoms. The van der Waals surface area contributed by atoms with Crippen LogP contribution in [0.25, 0.3) is 0 Å². The van der Waals surface area contributed by atoms with Crippen LogP contribution in [0, 0.1) is 0 Å². The van der Waals surface area contributed by atoms with Gasteiger partial charge >= 0.3 is 0 Å². The summed E-state index contributed by atoms with van der Waals surface area (Å²) in [6.45, 7) is 4.87. The molecule has 0 bridgehead atoms. The lowest BCUT2D eigenvalue weighted by Crippen LogP contribution is -2.17. The summed E-state index contributed by atoms with van der Waals surface area (Å²) in [5.74, 6) is 1.11. The van der Waals surface area contributed by atoms with Gasteiger partial charge in [-0.1, -0.05) is 6.92 Å². The minimum Gasteiger partial charge on any atom is -0.331 e. The number of nitrogens with two attached hydrogens (primary N) is 1. The van der Waals surface area contributed by atoms with E-state index in [1.165, 1.54) is 0 Å². The number of nitrogens with zero attached hydrogens (tertiary/aromatic N) is 2. The lowest BCUT2D eigenvalue weighted by molar-refractivity contribution is 0.535. The van der Waals surface area contributed by atoms with Gasteiger partial charge in [-0.25, -0.2) is 4.98 Å². The summed E-state index contributed by atoms with van der Waals surface area (Å²) in [7, 11) is 0. The van der Waals surface area contributed by atoms with E-state index < -0.39 is 0 Å². The summed E-state index contributed by atoms with van der Waals surface area (Å²) >= 11 is 0. The molecule has 0 amide bonds. The summed E-state index contributed by atoms with van der Waals surface area (Å²) < 4.78 is 2.12. The molecule has 1 unspecified atom stereocenters. The Balaban J connectivity index is 2.83. The molecule has 1 rings (SSSR count). The molecule has 62 valence electrons. The van der Waals surface area contributed by atoms with E-state index >= 15 is 0 Å². The SMILES string of the molecule is CCc1nccn1C(C)CN. The number of imidazole rings is 1. The van der Waals surface area contributed by atoms with Crippen molar-refractivity contribution in [3.8, 4) is 0 Å². The van der Waals surface area contributed by atoms with E-state index in [1.54, 1.807) is 0 Å². The van der Waals surface area contributed by atoms with Gasteiger partial charge in [-0.05, 0) is 6.92 Å². The fourth-order valence-electron chi connectivity index (χ4n) is 1.13. The van der Waals surface area contributed by atoms with E-state index in [0.29, 0.717) is 12.6 Å². The molecule has 0 aliphatic heterocycles. The Hall–Kier alpha value is -0.830. The molecule has 0 aromatic carbocycles. The molecule has 0 spiro atoms. The second kappa shape index (κ2) is 3.53. The van der Waals surface area contributed by atoms with Gasteiger partial charge in [0, 0.05) is 31.4 Å². The monoisotopic (exact) mass is 153 g/mol. The van der Waals surface area contributed by atoms with Gasteiger partial charge in [0.25, 0.3) is 0 Å². The molecular formula is C8H15N3. The predicted octanol–water partition coefficient (Wildman–Crippen LogP) is 0.965. The summed E-state index contributed by atoms with van der Waals surface area (Å²) in [6.07, 6.45) is 4.78. The van der Waals surface area contributed by atoms with Gasteiger partial charge in [-0.2, -0.15) is 0 Å². The topological polar surface area (TPSA) is 43.8 Å². The number of hydrogen-bond donors (Lipinski definition) is 1. The van der Waals surface area contributed by atoms with Crippen LogP contribution in [0.4, 0.5) is 0 Å². The van der Waals surface area contributed by atoms with Gasteiger partial charge in [-0.3, -0.25) is 0 Å². The molecule has 0 radical (unpaired) electrons. The smallest absolute Gasteiger partial charge is 0.108 e. The normalized spacial score (nSPS) is 13.4. The Morgan fingerprint density at radius 2 is 2.45 bits per heavy atom. The summed E-state index contributed by atoms with van der Waals surface area (Å²) in [5.41, 5.74) is 5.54. The standard InChI is InChI=1S/C8H15N3/c1-3-8-10-4-5-11(8)7(2)6-9/h4-5,7H,3,6,9H2,1-2H3. The average Bonchev–Trinajstić information content (AvgIpc) is 2.50. The van der Waals surface area contributed by atoms with E-state index in [-0.39, 0.29) is 0 Å². The molecule has 1 aromatic rings. The van der Waals surface area contributed by atoms with Crippen molar-refractivity contribution in [1.29, 1.82) is 0 Å². The van der Waals surface area contributed by atoms with Crippen molar-refractivity contribution in [2.24, 2.45) is 5.73 Å². The molecule has 0 aliphatic rings. The lowest BCUT2D eigenvalue weighted by Gasteiger charge is -2.12. The molecular weight excluding hydrogens is 138 g/mol. The maximum absolute atomic E-state index is 5.54. The van der Waals surface area contributed by atoms with E-state index in [0.717, 1.165) is 12.2 Å². The van der Waals surface area contributed by atoms with Crippen LogP contribution in [0.2, 0.25) is 0 Å². The fraction of sp³-hybridized carbons (Fsp3) is 0.625. The van der Waals surface area contributed by atoms with E-state index in [1.807, 2.05) is 12.4 Å². The highest BCUT2D eigenvalue weighted by atomic mass is 15.1. The van der Waals surface area contributed by atoms with Gasteiger partial charge in [0.2, 0.25) is 0 Å². The molecule has 1 heterocycles. The minimum absolute atomic E-state index is 0.368. The molecule has 0 saturated heterocycles. The van der Waals surface area contributed by atoms with Gasteiger partial charge < -0.3 is 10.3 Å². The molecule has 1 aromatic heterocycles. The number of rotatable bonds is 3. The largest absolute Gasteiger partial charge is 0.331 e. The van der Waals surface area contributed by atoms with Crippen molar-refractivity contribution >= 4 is 0 Å². The Labute approximate surface area is 67.2 Å². The quantitative estimate of drug-likeness (QED) is 0.703. The van der Waals surface area contributed by atoms with Crippen molar-refractivity contribution in [2.45, 2.75) is 26.3 Å². The molecule has 0 saturated carbocycles. The van der Waals surface area contributed by atoms with Crippen LogP contribution in [0.3, 0.4) is 0 Å². The van der Waals surface area contributed by atoms with Crippen molar-refractivity contribution in [3.05, 3.63) is 18.2 Å². The third-order valence-electron chi connectivity index (χ3n) is 1.88. The first kappa shape index (κ1) is 8.27. The lowest BCUT2D eigenvalue weighted by atomic mass is 10.3. The third-order valence-corrected chi connectivity index (χ3v) is 1.88. The van der Waals surface area contributed by atoms with Crippen LogP contribution < -0.4 is 5.73 Å². The molecule has 0 aliphatic carbocycles. The highest BCUT2D eigenvalue weighted by molar-refractivity contribution is 4.94. The van der Waals surface area contributed by atoms with Gasteiger partial charge in [0.15, 0.2) is 0 Å². The maximum atomic E-state index is 5.54. The summed E-state index contributed by atoms with van der Waals surface area (Å²) in [6, 6.07) is 0.368. The first-order valence-corrected chi connectivity index (χ1v) is 4.01. The molecule has 1 atom stereocenters. The number of aryl methyl sites for hydroxylation is 1. The second-order valence-corrected chi connectivity index (χ2v) is 2.69. The Morgan fingerprint density at radius 3 is 3.00 bits per heavy atom. The maximum Gasteiger partial charge on any atom is 0.108 e. The predicted molar refractivity (Wildman–Crippen MR) is 45.4 cm³/mol. The van der Waals surface area contributed by atoms with E-state index in [2.05, 4.69) is 23.4 Å². The Bertz CT molecular complexity index is 217. The molecule has 0 fully saturated rings. The fourth-order valence-corrected chi connectivity index (χ4v) is 1.13.